The normalized spacial score (nSPS) is 18.6. The molecule has 0 bridgehead atoms. The van der Waals surface area contributed by atoms with E-state index in [1.54, 1.807) is 34.9 Å². The third kappa shape index (κ3) is 6.05. The van der Waals surface area contributed by atoms with E-state index in [0.29, 0.717) is 22.5 Å². The van der Waals surface area contributed by atoms with Crippen LogP contribution in [0.5, 0.6) is 0 Å². The second-order valence-corrected chi connectivity index (χ2v) is 13.9. The second-order valence-electron chi connectivity index (χ2n) is 13.9. The quantitative estimate of drug-likeness (QED) is 0.141. The molecular weight excluding hydrogens is 655 g/mol. The summed E-state index contributed by atoms with van der Waals surface area (Å²) in [6, 6.07) is 8.83. The van der Waals surface area contributed by atoms with Crippen LogP contribution in [0.2, 0.25) is 0 Å². The number of hydrogen-bond donors (Lipinski definition) is 2. The van der Waals surface area contributed by atoms with Gasteiger partial charge in [-0.1, -0.05) is 5.92 Å². The van der Waals surface area contributed by atoms with Crippen molar-refractivity contribution in [3.8, 4) is 23.0 Å². The molecule has 3 N–H and O–H groups in total. The molecule has 0 radical (unpaired) electrons. The van der Waals surface area contributed by atoms with Gasteiger partial charge in [-0.15, -0.1) is 10.2 Å². The maximum atomic E-state index is 15.4. The first-order chi connectivity index (χ1) is 23.6. The molecule has 1 saturated carbocycles. The highest BCUT2D eigenvalue weighted by Gasteiger charge is 2.67. The zero-order valence-corrected chi connectivity index (χ0v) is 27.6. The molecule has 5 aromatic rings. The van der Waals surface area contributed by atoms with E-state index < -0.39 is 59.8 Å². The summed E-state index contributed by atoms with van der Waals surface area (Å²) < 4.78 is 76.7. The Hall–Kier alpha value is -5.32. The van der Waals surface area contributed by atoms with Crippen LogP contribution in [0.3, 0.4) is 0 Å². The number of nitrogens with two attached hydrogens (primary N) is 1. The zero-order valence-electron chi connectivity index (χ0n) is 27.6. The first-order valence-electron chi connectivity index (χ1n) is 16.1. The van der Waals surface area contributed by atoms with Crippen molar-refractivity contribution in [3.05, 3.63) is 94.2 Å². The lowest BCUT2D eigenvalue weighted by molar-refractivity contribution is -0.122. The number of hydrogen-bond acceptors (Lipinski definition) is 6. The van der Waals surface area contributed by atoms with Gasteiger partial charge in [-0.2, -0.15) is 13.9 Å². The molecule has 1 amide bonds. The molecule has 4 heterocycles. The topological polar surface area (TPSA) is 116 Å². The van der Waals surface area contributed by atoms with E-state index >= 15 is 8.78 Å². The van der Waals surface area contributed by atoms with Crippen molar-refractivity contribution in [2.45, 2.75) is 71.1 Å². The Labute approximate surface area is 284 Å². The van der Waals surface area contributed by atoms with Crippen molar-refractivity contribution in [2.75, 3.05) is 5.73 Å². The molecule has 4 aromatic heterocycles. The molecule has 1 fully saturated rings. The van der Waals surface area contributed by atoms with Crippen LogP contribution in [0.25, 0.3) is 16.8 Å². The van der Waals surface area contributed by atoms with Crippen LogP contribution in [0.15, 0.2) is 48.7 Å². The predicted octanol–water partition coefficient (Wildman–Crippen LogP) is 6.59. The van der Waals surface area contributed by atoms with E-state index in [9.17, 15) is 18.0 Å². The summed E-state index contributed by atoms with van der Waals surface area (Å²) in [6.45, 7) is 6.36. The molecule has 9 nitrogen and oxygen atoms in total. The van der Waals surface area contributed by atoms with Gasteiger partial charge in [0.1, 0.15) is 41.4 Å². The number of aromatic nitrogens is 6. The van der Waals surface area contributed by atoms with Crippen molar-refractivity contribution in [1.29, 1.82) is 0 Å². The number of alkyl halides is 3. The number of benzene rings is 1. The number of carbonyl (C=O) groups is 1. The Kier molecular flexibility index (Phi) is 7.92. The molecule has 0 aliphatic heterocycles. The number of nitrogen functional groups attached to an aromatic ring is 1. The number of amides is 1. The third-order valence-corrected chi connectivity index (χ3v) is 8.90. The maximum absolute atomic E-state index is 15.4. The van der Waals surface area contributed by atoms with E-state index in [1.165, 1.54) is 6.92 Å². The molecule has 1 unspecified atom stereocenters. The van der Waals surface area contributed by atoms with E-state index in [2.05, 4.69) is 32.5 Å². The molecular formula is C36H33F5N8O. The second kappa shape index (κ2) is 11.9. The predicted molar refractivity (Wildman–Crippen MR) is 174 cm³/mol. The van der Waals surface area contributed by atoms with E-state index in [1.807, 2.05) is 20.8 Å². The summed E-state index contributed by atoms with van der Waals surface area (Å²) in [5.41, 5.74) is 7.46. The van der Waals surface area contributed by atoms with Gasteiger partial charge in [0.05, 0.1) is 11.7 Å². The van der Waals surface area contributed by atoms with Gasteiger partial charge in [0, 0.05) is 40.3 Å². The minimum Gasteiger partial charge on any atom is -0.368 e. The molecule has 0 spiro atoms. The van der Waals surface area contributed by atoms with Crippen LogP contribution in [0.1, 0.15) is 86.1 Å². The lowest BCUT2D eigenvalue weighted by Gasteiger charge is -2.23. The average Bonchev–Trinajstić information content (AvgIpc) is 3.54. The highest BCUT2D eigenvalue weighted by molar-refractivity contribution is 5.81. The summed E-state index contributed by atoms with van der Waals surface area (Å²) in [6.07, 6.45) is 0.140. The van der Waals surface area contributed by atoms with E-state index in [-0.39, 0.29) is 46.7 Å². The number of rotatable bonds is 8. The standard InChI is InChI=1S/C36H33F5N8O/c1-18(37)30-29-25-16-26(25)36(40,41)32(29)49(47-30)17-28(50)44-27(14-19-12-20(38)15-21(39)13-19)31-23(8-7-22(43-31)9-10-35(2,3)4)24-6-5-11-48-33(24)45-46-34(48)42/h5-8,11-13,15,18,25-27H,14,16-17H2,1-4H3,(H2,42,46)(H,44,50)/t18?,25-,26+,27-/m0/s1. The molecule has 7 rings (SSSR count). The van der Waals surface area contributed by atoms with Gasteiger partial charge >= 0.3 is 0 Å². The highest BCUT2D eigenvalue weighted by Crippen LogP contribution is 2.68. The van der Waals surface area contributed by atoms with Gasteiger partial charge in [0.15, 0.2) is 5.65 Å². The molecule has 258 valence electrons. The Morgan fingerprint density at radius 1 is 1.10 bits per heavy atom. The number of pyridine rings is 2. The van der Waals surface area contributed by atoms with E-state index in [4.69, 9.17) is 10.7 Å². The number of anilines is 1. The lowest BCUT2D eigenvalue weighted by Crippen LogP contribution is -2.35. The van der Waals surface area contributed by atoms with Crippen molar-refractivity contribution >= 4 is 17.5 Å². The Balaban J connectivity index is 1.34. The average molecular weight is 689 g/mol. The summed E-state index contributed by atoms with van der Waals surface area (Å²) >= 11 is 0. The lowest BCUT2D eigenvalue weighted by atomic mass is 9.94. The van der Waals surface area contributed by atoms with Crippen LogP contribution < -0.4 is 11.1 Å². The largest absolute Gasteiger partial charge is 0.368 e. The SMILES string of the molecule is CC(F)c1nn(CC(=O)N[C@@H](Cc2cc(F)cc(F)c2)c2nc(C#CC(C)(C)C)ccc2-c2cccn3c(N)nnc23)c2c1[C@H]1C[C@H]1C2(F)F. The number of carbonyl (C=O) groups excluding carboxylic acids is 1. The first-order valence-corrected chi connectivity index (χ1v) is 16.1. The molecule has 4 atom stereocenters. The van der Waals surface area contributed by atoms with Gasteiger partial charge in [0.2, 0.25) is 11.9 Å². The van der Waals surface area contributed by atoms with Crippen LogP contribution in [-0.2, 0) is 23.7 Å². The summed E-state index contributed by atoms with van der Waals surface area (Å²) in [4.78, 5) is 18.7. The van der Waals surface area contributed by atoms with Crippen molar-refractivity contribution in [2.24, 2.45) is 11.3 Å². The molecule has 0 saturated heterocycles. The van der Waals surface area contributed by atoms with Gasteiger partial charge in [0.25, 0.3) is 5.92 Å². The van der Waals surface area contributed by atoms with Crippen LogP contribution in [0.4, 0.5) is 27.9 Å². The van der Waals surface area contributed by atoms with Crippen molar-refractivity contribution in [1.82, 2.24) is 34.7 Å². The fourth-order valence-corrected chi connectivity index (χ4v) is 6.70. The van der Waals surface area contributed by atoms with Gasteiger partial charge in [-0.25, -0.2) is 18.2 Å². The fourth-order valence-electron chi connectivity index (χ4n) is 6.70. The van der Waals surface area contributed by atoms with Crippen LogP contribution in [0, 0.1) is 34.8 Å². The molecule has 1 aromatic carbocycles. The highest BCUT2D eigenvalue weighted by atomic mass is 19.3. The van der Waals surface area contributed by atoms with Gasteiger partial charge in [-0.3, -0.25) is 13.9 Å². The Morgan fingerprint density at radius 3 is 2.54 bits per heavy atom. The Morgan fingerprint density at radius 2 is 1.84 bits per heavy atom. The number of nitrogens with zero attached hydrogens (tertiary/aromatic N) is 6. The summed E-state index contributed by atoms with van der Waals surface area (Å²) in [5.74, 6) is -0.814. The van der Waals surface area contributed by atoms with Crippen molar-refractivity contribution in [3.63, 3.8) is 0 Å². The fraction of sp³-hybridized carbons (Fsp3) is 0.361. The zero-order chi connectivity index (χ0) is 35.7. The number of fused-ring (bicyclic) bond motifs is 4. The van der Waals surface area contributed by atoms with Crippen molar-refractivity contribution < 1.29 is 26.7 Å². The maximum Gasteiger partial charge on any atom is 0.293 e. The minimum absolute atomic E-state index is 0.0981. The van der Waals surface area contributed by atoms with Crippen LogP contribution in [-0.4, -0.2) is 35.3 Å². The monoisotopic (exact) mass is 688 g/mol. The Bertz CT molecular complexity index is 2200. The van der Waals surface area contributed by atoms with E-state index in [0.717, 1.165) is 22.9 Å². The first kappa shape index (κ1) is 33.2. The van der Waals surface area contributed by atoms with Gasteiger partial charge < -0.3 is 11.1 Å². The molecule has 2 aliphatic rings. The summed E-state index contributed by atoms with van der Waals surface area (Å²) in [7, 11) is 0. The number of halogens is 5. The van der Waals surface area contributed by atoms with Gasteiger partial charge in [-0.05, 0) is 94.3 Å². The van der Waals surface area contributed by atoms with Crippen LogP contribution >= 0.6 is 0 Å². The smallest absolute Gasteiger partial charge is 0.293 e. The molecule has 2 aliphatic carbocycles. The summed E-state index contributed by atoms with van der Waals surface area (Å²) in [5, 5.41) is 15.2. The number of nitrogens with one attached hydrogen (secondary N) is 1. The molecule has 14 heteroatoms. The third-order valence-electron chi connectivity index (χ3n) is 8.90. The minimum atomic E-state index is -3.27. The molecule has 50 heavy (non-hydrogen) atoms.